The van der Waals surface area contributed by atoms with Gasteiger partial charge in [0.05, 0.1) is 28.1 Å². The van der Waals surface area contributed by atoms with E-state index in [1.807, 2.05) is 6.07 Å². The number of hydrogen-bond donors (Lipinski definition) is 0. The van der Waals surface area contributed by atoms with Gasteiger partial charge in [0.1, 0.15) is 24.5 Å². The van der Waals surface area contributed by atoms with Crippen LogP contribution in [-0.2, 0) is 10.2 Å². The van der Waals surface area contributed by atoms with Gasteiger partial charge in [-0.1, -0.05) is 19.9 Å². The Kier molecular flexibility index (Phi) is 4.06. The van der Waals surface area contributed by atoms with Crippen molar-refractivity contribution in [2.75, 3.05) is 11.4 Å². The maximum absolute atomic E-state index is 14.4. The predicted octanol–water partition coefficient (Wildman–Crippen LogP) is 3.79. The highest BCUT2D eigenvalue weighted by molar-refractivity contribution is 6.00. The number of fused-ring (bicyclic) bond motifs is 5. The van der Waals surface area contributed by atoms with E-state index in [1.54, 1.807) is 17.2 Å². The minimum Gasteiger partial charge on any atom is -0.291 e. The van der Waals surface area contributed by atoms with E-state index >= 15 is 0 Å². The number of halogens is 2. The molecule has 2 aromatic heterocycles. The first-order chi connectivity index (χ1) is 15.8. The first-order valence-electron chi connectivity index (χ1n) is 10.8. The summed E-state index contributed by atoms with van der Waals surface area (Å²) in [5, 5.41) is 8.80. The minimum atomic E-state index is -0.663. The molecular weight excluding hydrogens is 426 g/mol. The van der Waals surface area contributed by atoms with Gasteiger partial charge < -0.3 is 0 Å². The maximum Gasteiger partial charge on any atom is 0.267 e. The van der Waals surface area contributed by atoms with Crippen molar-refractivity contribution < 1.29 is 13.6 Å². The van der Waals surface area contributed by atoms with E-state index in [4.69, 9.17) is 4.98 Å². The van der Waals surface area contributed by atoms with Crippen molar-refractivity contribution in [1.29, 1.82) is 0 Å². The predicted molar refractivity (Wildman–Crippen MR) is 117 cm³/mol. The maximum atomic E-state index is 14.4. The average Bonchev–Trinajstić information content (AvgIpc) is 3.40. The Bertz CT molecular complexity index is 1340. The second-order valence-electron chi connectivity index (χ2n) is 9.36. The van der Waals surface area contributed by atoms with Crippen LogP contribution in [0.5, 0.6) is 0 Å². The zero-order valence-corrected chi connectivity index (χ0v) is 18.1. The van der Waals surface area contributed by atoms with Gasteiger partial charge in [0.15, 0.2) is 0 Å². The summed E-state index contributed by atoms with van der Waals surface area (Å²) in [7, 11) is 0. The number of carbonyl (C=O) groups excluding carboxylic acids is 1. The summed E-state index contributed by atoms with van der Waals surface area (Å²) in [6, 6.07) is 7.44. The monoisotopic (exact) mass is 446 g/mol. The van der Waals surface area contributed by atoms with Gasteiger partial charge in [-0.2, -0.15) is 5.10 Å². The van der Waals surface area contributed by atoms with Crippen molar-refractivity contribution in [2.45, 2.75) is 38.0 Å². The third-order valence-electron chi connectivity index (χ3n) is 7.58. The number of benzene rings is 1. The number of anilines is 1. The van der Waals surface area contributed by atoms with Crippen LogP contribution in [0.1, 0.15) is 49.6 Å². The van der Waals surface area contributed by atoms with Crippen LogP contribution in [-0.4, -0.2) is 39.0 Å². The van der Waals surface area contributed by atoms with Gasteiger partial charge in [-0.25, -0.2) is 23.7 Å². The lowest BCUT2D eigenvalue weighted by Crippen LogP contribution is -2.38. The molecule has 166 valence electrons. The number of nitrogens with zero attached hydrogens (tertiary/aromatic N) is 6. The van der Waals surface area contributed by atoms with Crippen LogP contribution in [0.2, 0.25) is 0 Å². The summed E-state index contributed by atoms with van der Waals surface area (Å²) >= 11 is 0. The van der Waals surface area contributed by atoms with E-state index in [0.29, 0.717) is 5.95 Å². The van der Waals surface area contributed by atoms with Gasteiger partial charge in [0.25, 0.3) is 5.91 Å². The van der Waals surface area contributed by atoms with Crippen molar-refractivity contribution in [2.24, 2.45) is 10.4 Å². The van der Waals surface area contributed by atoms with E-state index in [9.17, 15) is 13.6 Å². The smallest absolute Gasteiger partial charge is 0.267 e. The van der Waals surface area contributed by atoms with Crippen LogP contribution in [0.25, 0.3) is 11.3 Å². The highest BCUT2D eigenvalue weighted by Crippen LogP contribution is 2.69. The average molecular weight is 446 g/mol. The molecule has 33 heavy (non-hydrogen) atoms. The first kappa shape index (κ1) is 20.0. The molecule has 0 N–H and O–H groups in total. The Morgan fingerprint density at radius 1 is 1.12 bits per heavy atom. The zero-order chi connectivity index (χ0) is 23.0. The number of rotatable bonds is 3. The van der Waals surface area contributed by atoms with Crippen molar-refractivity contribution in [3.63, 3.8) is 0 Å². The lowest BCUT2D eigenvalue weighted by atomic mass is 9.66. The third kappa shape index (κ3) is 2.59. The SMILES string of the molecule is CC1(C)[C@H]2CC[C@]1(c1ccnc(N3C=NC(=O)C3)n1)c1nnc(-c3c(F)cccc3F)cc12. The molecule has 3 aromatic rings. The molecule has 6 rings (SSSR count). The Labute approximate surface area is 188 Å². The Balaban J connectivity index is 1.50. The summed E-state index contributed by atoms with van der Waals surface area (Å²) in [6.45, 7) is 4.47. The van der Waals surface area contributed by atoms with Crippen LogP contribution in [0, 0.1) is 17.0 Å². The van der Waals surface area contributed by atoms with Crippen LogP contribution >= 0.6 is 0 Å². The fraction of sp³-hybridized carbons (Fsp3) is 0.333. The van der Waals surface area contributed by atoms with Gasteiger partial charge >= 0.3 is 0 Å². The van der Waals surface area contributed by atoms with Gasteiger partial charge in [0, 0.05) is 6.20 Å². The normalized spacial score (nSPS) is 24.5. The molecule has 1 saturated carbocycles. The zero-order valence-electron chi connectivity index (χ0n) is 18.1. The van der Waals surface area contributed by atoms with Gasteiger partial charge in [0.2, 0.25) is 5.95 Å². The molecule has 0 spiro atoms. The Morgan fingerprint density at radius 2 is 1.91 bits per heavy atom. The Hall–Kier alpha value is -3.62. The van der Waals surface area contributed by atoms with Crippen molar-refractivity contribution in [3.8, 4) is 11.3 Å². The van der Waals surface area contributed by atoms with Crippen LogP contribution in [0.15, 0.2) is 41.5 Å². The molecule has 0 saturated heterocycles. The van der Waals surface area contributed by atoms with Crippen LogP contribution in [0.3, 0.4) is 0 Å². The quantitative estimate of drug-likeness (QED) is 0.609. The summed E-state index contributed by atoms with van der Waals surface area (Å²) in [4.78, 5) is 26.2. The molecule has 3 heterocycles. The largest absolute Gasteiger partial charge is 0.291 e. The van der Waals surface area contributed by atoms with E-state index in [2.05, 4.69) is 34.0 Å². The fourth-order valence-electron chi connectivity index (χ4n) is 5.97. The second-order valence-corrected chi connectivity index (χ2v) is 9.36. The van der Waals surface area contributed by atoms with E-state index in [1.165, 1.54) is 24.5 Å². The van der Waals surface area contributed by atoms with Gasteiger partial charge in [-0.3, -0.25) is 9.69 Å². The van der Waals surface area contributed by atoms with E-state index in [0.717, 1.165) is 29.8 Å². The highest BCUT2D eigenvalue weighted by Gasteiger charge is 2.65. The molecule has 3 aliphatic rings. The molecule has 1 amide bonds. The highest BCUT2D eigenvalue weighted by atomic mass is 19.1. The molecule has 1 fully saturated rings. The molecule has 2 aliphatic carbocycles. The third-order valence-corrected chi connectivity index (χ3v) is 7.58. The lowest BCUT2D eigenvalue weighted by molar-refractivity contribution is -0.115. The molecule has 1 aromatic carbocycles. The van der Waals surface area contributed by atoms with Crippen molar-refractivity contribution in [3.05, 3.63) is 65.1 Å². The lowest BCUT2D eigenvalue weighted by Gasteiger charge is -2.37. The molecule has 2 bridgehead atoms. The molecule has 9 heteroatoms. The second kappa shape index (κ2) is 6.69. The fourth-order valence-corrected chi connectivity index (χ4v) is 5.97. The van der Waals surface area contributed by atoms with E-state index < -0.39 is 17.0 Å². The molecule has 2 atom stereocenters. The molecular formula is C24H20F2N6O. The Morgan fingerprint density at radius 3 is 2.64 bits per heavy atom. The first-order valence-corrected chi connectivity index (χ1v) is 10.8. The molecule has 1 aliphatic heterocycles. The van der Waals surface area contributed by atoms with Crippen LogP contribution < -0.4 is 4.90 Å². The minimum absolute atomic E-state index is 0.108. The van der Waals surface area contributed by atoms with Crippen molar-refractivity contribution >= 4 is 18.2 Å². The summed E-state index contributed by atoms with van der Waals surface area (Å²) in [6.07, 6.45) is 4.84. The summed E-state index contributed by atoms with van der Waals surface area (Å²) in [5.41, 5.74) is 1.80. The summed E-state index contributed by atoms with van der Waals surface area (Å²) < 4.78 is 28.8. The number of amides is 1. The molecule has 0 unspecified atom stereocenters. The van der Waals surface area contributed by atoms with E-state index in [-0.39, 0.29) is 35.0 Å². The number of aliphatic imine (C=N–C) groups is 1. The van der Waals surface area contributed by atoms with Gasteiger partial charge in [-0.05, 0) is 54.0 Å². The summed E-state index contributed by atoms with van der Waals surface area (Å²) in [5.74, 6) is -1.02. The van der Waals surface area contributed by atoms with Crippen LogP contribution in [0.4, 0.5) is 14.7 Å². The van der Waals surface area contributed by atoms with Crippen molar-refractivity contribution in [1.82, 2.24) is 20.2 Å². The van der Waals surface area contributed by atoms with Gasteiger partial charge in [-0.15, -0.1) is 5.10 Å². The number of hydrogen-bond acceptors (Lipinski definition) is 6. The molecule has 7 nitrogen and oxygen atoms in total. The number of carbonyl (C=O) groups is 1. The standard InChI is InChI=1S/C24H20F2N6O/c1-23(2)14-6-8-24(23,18-7-9-27-22(29-18)32-11-19(33)28-12-32)21-13(14)10-17(30-31-21)20-15(25)4-3-5-16(20)26/h3-5,7,9-10,12,14H,6,8,11H2,1-2H3/t14-,24-/m0/s1. The molecule has 0 radical (unpaired) electrons. The number of aromatic nitrogens is 4. The topological polar surface area (TPSA) is 84.2 Å².